The van der Waals surface area contributed by atoms with Crippen LogP contribution in [0.15, 0.2) is 55.4 Å². The molecule has 0 unspecified atom stereocenters. The van der Waals surface area contributed by atoms with E-state index in [4.69, 9.17) is 0 Å². The predicted molar refractivity (Wildman–Crippen MR) is 109 cm³/mol. The summed E-state index contributed by atoms with van der Waals surface area (Å²) in [7, 11) is 1.13. The molecule has 3 N–H and O–H groups in total. The average Bonchev–Trinajstić information content (AvgIpc) is 3.08. The number of halogens is 3. The van der Waals surface area contributed by atoms with Crippen LogP contribution in [0.3, 0.4) is 0 Å². The van der Waals surface area contributed by atoms with Crippen LogP contribution in [-0.4, -0.2) is 36.9 Å². The third-order valence-corrected chi connectivity index (χ3v) is 4.07. The highest BCUT2D eigenvalue weighted by atomic mass is 19.4. The van der Waals surface area contributed by atoms with Gasteiger partial charge in [0.2, 0.25) is 11.9 Å². The number of alkyl halides is 3. The van der Waals surface area contributed by atoms with Gasteiger partial charge in [-0.25, -0.2) is 14.7 Å². The second-order valence-electron chi connectivity index (χ2n) is 6.25. The molecule has 0 spiro atoms. The quantitative estimate of drug-likeness (QED) is 0.489. The lowest BCUT2D eigenvalue weighted by molar-refractivity contribution is -0.143. The number of carbonyl (C=O) groups is 2. The van der Waals surface area contributed by atoms with Crippen molar-refractivity contribution >= 4 is 40.8 Å². The van der Waals surface area contributed by atoms with Gasteiger partial charge in [-0.1, -0.05) is 12.6 Å². The van der Waals surface area contributed by atoms with Crippen molar-refractivity contribution in [2.75, 3.05) is 15.5 Å². The zero-order valence-electron chi connectivity index (χ0n) is 16.5. The maximum absolute atomic E-state index is 13.3. The first-order valence-electron chi connectivity index (χ1n) is 8.86. The predicted octanol–water partition coefficient (Wildman–Crippen LogP) is 3.91. The van der Waals surface area contributed by atoms with Gasteiger partial charge in [0.05, 0.1) is 17.6 Å². The largest absolute Gasteiger partial charge is 0.464 e. The van der Waals surface area contributed by atoms with E-state index in [0.717, 1.165) is 24.2 Å². The number of nitrogens with one attached hydrogen (secondary N) is 2. The molecule has 1 aromatic carbocycles. The van der Waals surface area contributed by atoms with Crippen molar-refractivity contribution in [1.29, 1.82) is 0 Å². The molecular formula is C19H16F3N7O3. The fraction of sp³-hybridized carbons (Fsp3) is 0.105. The number of aryl methyl sites for hydroxylation is 1. The van der Waals surface area contributed by atoms with Crippen molar-refractivity contribution in [3.8, 4) is 0 Å². The molecule has 0 aliphatic carbocycles. The Balaban J connectivity index is 1.95. The van der Waals surface area contributed by atoms with Crippen molar-refractivity contribution in [3.05, 3.63) is 61.1 Å². The van der Waals surface area contributed by atoms with Crippen LogP contribution in [-0.2, 0) is 18.0 Å². The normalized spacial score (nSPS) is 11.0. The van der Waals surface area contributed by atoms with Crippen molar-refractivity contribution in [3.63, 3.8) is 0 Å². The molecule has 2 amide bonds. The second-order valence-corrected chi connectivity index (χ2v) is 6.25. The van der Waals surface area contributed by atoms with Crippen LogP contribution < -0.4 is 15.5 Å². The summed E-state index contributed by atoms with van der Waals surface area (Å²) in [5, 5.41) is 18.2. The highest BCUT2D eigenvalue weighted by Gasteiger charge is 2.37. The fourth-order valence-electron chi connectivity index (χ4n) is 2.78. The monoisotopic (exact) mass is 447 g/mol. The third kappa shape index (κ3) is 4.83. The number of carboxylic acid groups (broad SMARTS) is 1. The number of rotatable bonds is 6. The number of aromatic nitrogens is 4. The Hall–Kier alpha value is -4.42. The molecule has 0 aliphatic heterocycles. The van der Waals surface area contributed by atoms with Gasteiger partial charge >= 0.3 is 12.3 Å². The van der Waals surface area contributed by atoms with Gasteiger partial charge in [-0.3, -0.25) is 9.48 Å². The molecule has 0 aliphatic rings. The molecule has 0 atom stereocenters. The van der Waals surface area contributed by atoms with Gasteiger partial charge in [0, 0.05) is 25.0 Å². The molecule has 3 rings (SSSR count). The van der Waals surface area contributed by atoms with E-state index in [1.807, 2.05) is 0 Å². The highest BCUT2D eigenvalue weighted by Crippen LogP contribution is 2.35. The Morgan fingerprint density at radius 2 is 2.03 bits per heavy atom. The SMILES string of the molecule is C=CC(=O)Nc1cccc(N(C(=O)O)c2ccnc(Nc3cnn(C)c3C(F)(F)F)n2)c1. The summed E-state index contributed by atoms with van der Waals surface area (Å²) in [6, 6.07) is 7.15. The molecule has 0 bridgehead atoms. The van der Waals surface area contributed by atoms with Crippen molar-refractivity contribution in [2.45, 2.75) is 6.18 Å². The van der Waals surface area contributed by atoms with E-state index in [-0.39, 0.29) is 17.5 Å². The van der Waals surface area contributed by atoms with Crippen LogP contribution >= 0.6 is 0 Å². The van der Waals surface area contributed by atoms with Crippen molar-refractivity contribution in [1.82, 2.24) is 19.7 Å². The van der Waals surface area contributed by atoms with Gasteiger partial charge < -0.3 is 15.7 Å². The molecule has 2 heterocycles. The Morgan fingerprint density at radius 3 is 2.69 bits per heavy atom. The van der Waals surface area contributed by atoms with Gasteiger partial charge in [0.25, 0.3) is 0 Å². The minimum atomic E-state index is -4.69. The summed E-state index contributed by atoms with van der Waals surface area (Å²) >= 11 is 0. The van der Waals surface area contributed by atoms with Crippen LogP contribution in [0.4, 0.5) is 46.8 Å². The van der Waals surface area contributed by atoms with Crippen molar-refractivity contribution in [2.24, 2.45) is 7.05 Å². The number of carbonyl (C=O) groups excluding carboxylic acids is 1. The summed E-state index contributed by atoms with van der Waals surface area (Å²) < 4.78 is 40.5. The van der Waals surface area contributed by atoms with Crippen LogP contribution in [0, 0.1) is 0 Å². The highest BCUT2D eigenvalue weighted by molar-refractivity contribution is 6.00. The smallest absolute Gasteiger partial charge is 0.435 e. The van der Waals surface area contributed by atoms with Gasteiger partial charge in [0.1, 0.15) is 5.82 Å². The lowest BCUT2D eigenvalue weighted by atomic mass is 10.2. The van der Waals surface area contributed by atoms with E-state index in [0.29, 0.717) is 10.4 Å². The molecule has 0 saturated heterocycles. The fourth-order valence-corrected chi connectivity index (χ4v) is 2.78. The van der Waals surface area contributed by atoms with Gasteiger partial charge in [-0.15, -0.1) is 0 Å². The zero-order valence-corrected chi connectivity index (χ0v) is 16.5. The Kier molecular flexibility index (Phi) is 6.09. The molecule has 166 valence electrons. The van der Waals surface area contributed by atoms with Gasteiger partial charge in [0.15, 0.2) is 5.69 Å². The first kappa shape index (κ1) is 22.3. The van der Waals surface area contributed by atoms with E-state index >= 15 is 0 Å². The molecule has 0 radical (unpaired) electrons. The maximum Gasteiger partial charge on any atom is 0.435 e. The number of anilines is 5. The van der Waals surface area contributed by atoms with Gasteiger partial charge in [-0.05, 0) is 24.3 Å². The molecule has 32 heavy (non-hydrogen) atoms. The van der Waals surface area contributed by atoms with Crippen LogP contribution in [0.1, 0.15) is 5.69 Å². The summed E-state index contributed by atoms with van der Waals surface area (Å²) in [5.41, 5.74) is -1.02. The van der Waals surface area contributed by atoms with E-state index in [2.05, 4.69) is 32.3 Å². The Labute approximate surface area is 179 Å². The van der Waals surface area contributed by atoms with E-state index in [9.17, 15) is 27.9 Å². The maximum atomic E-state index is 13.3. The summed E-state index contributed by atoms with van der Waals surface area (Å²) in [6.07, 6.45) is -2.90. The Bertz CT molecular complexity index is 1180. The van der Waals surface area contributed by atoms with Crippen molar-refractivity contribution < 1.29 is 27.9 Å². The lowest BCUT2D eigenvalue weighted by Gasteiger charge is -2.19. The number of hydrogen-bond acceptors (Lipinski definition) is 6. The first-order chi connectivity index (χ1) is 15.1. The molecule has 2 aromatic heterocycles. The van der Waals surface area contributed by atoms with E-state index in [1.165, 1.54) is 30.5 Å². The zero-order chi connectivity index (χ0) is 23.5. The molecule has 13 heteroatoms. The van der Waals surface area contributed by atoms with Crippen LogP contribution in [0.25, 0.3) is 0 Å². The molecule has 3 aromatic rings. The topological polar surface area (TPSA) is 125 Å². The Morgan fingerprint density at radius 1 is 1.28 bits per heavy atom. The average molecular weight is 447 g/mol. The van der Waals surface area contributed by atoms with E-state index in [1.54, 1.807) is 6.07 Å². The third-order valence-electron chi connectivity index (χ3n) is 4.07. The number of hydrogen-bond donors (Lipinski definition) is 3. The molecule has 0 fully saturated rings. The van der Waals surface area contributed by atoms with E-state index < -0.39 is 29.6 Å². The van der Waals surface area contributed by atoms with Gasteiger partial charge in [-0.2, -0.15) is 23.3 Å². The van der Waals surface area contributed by atoms with Crippen LogP contribution in [0.2, 0.25) is 0 Å². The minimum Gasteiger partial charge on any atom is -0.464 e. The lowest BCUT2D eigenvalue weighted by Crippen LogP contribution is -2.25. The molecule has 0 saturated carbocycles. The standard InChI is InChI=1S/C19H16F3N7O3/c1-3-15(30)25-11-5-4-6-12(9-11)29(18(31)32)14-7-8-23-17(27-14)26-13-10-24-28(2)16(13)19(20,21)22/h3-10H,1H2,2H3,(H,25,30)(H,31,32)(H,23,26,27). The number of nitrogens with zero attached hydrogens (tertiary/aromatic N) is 5. The first-order valence-corrected chi connectivity index (χ1v) is 8.86. The van der Waals surface area contributed by atoms with Crippen LogP contribution in [0.5, 0.6) is 0 Å². The number of benzene rings is 1. The second kappa shape index (κ2) is 8.75. The molecular weight excluding hydrogens is 431 g/mol. The minimum absolute atomic E-state index is 0.126. The number of amides is 2. The molecule has 10 nitrogen and oxygen atoms in total. The summed E-state index contributed by atoms with van der Waals surface area (Å²) in [6.45, 7) is 3.34. The summed E-state index contributed by atoms with van der Waals surface area (Å²) in [5.74, 6) is -0.905. The summed E-state index contributed by atoms with van der Waals surface area (Å²) in [4.78, 5) is 32.1.